The average Bonchev–Trinajstić information content (AvgIpc) is 2.55. The van der Waals surface area contributed by atoms with Crippen LogP contribution in [0.2, 0.25) is 11.1 Å². The van der Waals surface area contributed by atoms with Crippen LogP contribution in [0.3, 0.4) is 0 Å². The highest BCUT2D eigenvalue weighted by Gasteiger charge is 2.46. The quantitative estimate of drug-likeness (QED) is 0.663. The van der Waals surface area contributed by atoms with E-state index in [0.29, 0.717) is 11.1 Å². The van der Waals surface area contributed by atoms with E-state index in [9.17, 15) is 0 Å². The summed E-state index contributed by atoms with van der Waals surface area (Å²) in [7, 11) is -0.0800. The number of hydrogen-bond donors (Lipinski definition) is 0. The van der Waals surface area contributed by atoms with Crippen molar-refractivity contribution in [3.05, 3.63) is 42.5 Å². The van der Waals surface area contributed by atoms with E-state index in [0.717, 1.165) is 0 Å². The lowest BCUT2D eigenvalue weighted by atomic mass is 10.1. The molecule has 0 aromatic heterocycles. The minimum absolute atomic E-state index is 0.614. The van der Waals surface area contributed by atoms with Gasteiger partial charge in [-0.25, -0.2) is 0 Å². The van der Waals surface area contributed by atoms with Gasteiger partial charge in [-0.15, -0.1) is 0 Å². The van der Waals surface area contributed by atoms with Crippen LogP contribution in [-0.4, -0.2) is 15.4 Å². The molecule has 1 nitrogen and oxygen atoms in total. The van der Waals surface area contributed by atoms with E-state index < -0.39 is 8.32 Å². The van der Waals surface area contributed by atoms with E-state index in [1.165, 1.54) is 28.8 Å². The molecule has 0 saturated heterocycles. The molecule has 2 rings (SSSR count). The van der Waals surface area contributed by atoms with Gasteiger partial charge in [-0.2, -0.15) is 0 Å². The summed E-state index contributed by atoms with van der Waals surface area (Å²) < 4.78 is 6.38. The molecule has 0 aliphatic heterocycles. The summed E-state index contributed by atoms with van der Waals surface area (Å²) in [5.74, 6) is 0. The molecule has 114 valence electrons. The lowest BCUT2D eigenvalue weighted by Crippen LogP contribution is -2.56. The molecule has 2 aromatic rings. The van der Waals surface area contributed by atoms with Crippen LogP contribution in [0, 0.1) is 0 Å². The van der Waals surface area contributed by atoms with Gasteiger partial charge in [0.2, 0.25) is 8.32 Å². The van der Waals surface area contributed by atoms with Gasteiger partial charge in [0.1, 0.15) is 0 Å². The lowest BCUT2D eigenvalue weighted by Gasteiger charge is -2.41. The summed E-state index contributed by atoms with van der Waals surface area (Å²) in [4.78, 5) is 0. The fraction of sp³-hybridized carbons (Fsp3) is 0.474. The fourth-order valence-electron chi connectivity index (χ4n) is 3.70. The van der Waals surface area contributed by atoms with Crippen LogP contribution in [-0.2, 0) is 4.43 Å². The van der Waals surface area contributed by atoms with Crippen molar-refractivity contribution in [2.24, 2.45) is 0 Å². The number of rotatable bonds is 6. The van der Waals surface area contributed by atoms with Gasteiger partial charge in [0, 0.05) is 7.11 Å². The normalized spacial score (nSPS) is 17.4. The van der Waals surface area contributed by atoms with Gasteiger partial charge in [-0.3, -0.25) is 0 Å². The molecular weight excluding hydrogens is 272 g/mol. The minimum atomic E-state index is -2.02. The molecule has 21 heavy (non-hydrogen) atoms. The zero-order valence-electron chi connectivity index (χ0n) is 14.0. The average molecular weight is 301 g/mol. The van der Waals surface area contributed by atoms with Gasteiger partial charge in [-0.1, -0.05) is 83.0 Å². The van der Waals surface area contributed by atoms with Crippen molar-refractivity contribution < 1.29 is 4.43 Å². The molecule has 0 radical (unpaired) electrons. The third kappa shape index (κ3) is 2.67. The summed E-state index contributed by atoms with van der Waals surface area (Å²) in [5, 5.41) is 4.19. The highest BCUT2D eigenvalue weighted by atomic mass is 28.4. The van der Waals surface area contributed by atoms with Crippen molar-refractivity contribution in [3.63, 3.8) is 0 Å². The molecule has 2 unspecified atom stereocenters. The van der Waals surface area contributed by atoms with Crippen LogP contribution in [0.5, 0.6) is 0 Å². The summed E-state index contributed by atoms with van der Waals surface area (Å²) in [6.45, 7) is 9.34. The second kappa shape index (κ2) is 6.76. The van der Waals surface area contributed by atoms with Crippen molar-refractivity contribution in [3.8, 4) is 0 Å². The van der Waals surface area contributed by atoms with E-state index in [1.807, 2.05) is 7.11 Å². The molecule has 0 N–H and O–H groups in total. The van der Waals surface area contributed by atoms with Crippen LogP contribution >= 0.6 is 0 Å². The van der Waals surface area contributed by atoms with Gasteiger partial charge < -0.3 is 4.43 Å². The molecule has 0 fully saturated rings. The maximum absolute atomic E-state index is 6.38. The smallest absolute Gasteiger partial charge is 0.229 e. The zero-order chi connectivity index (χ0) is 15.5. The Labute approximate surface area is 130 Å². The fourth-order valence-corrected chi connectivity index (χ4v) is 8.98. The Hall–Kier alpha value is -1.12. The van der Waals surface area contributed by atoms with Gasteiger partial charge in [0.05, 0.1) is 0 Å². The Balaban J connectivity index is 2.74. The van der Waals surface area contributed by atoms with Crippen LogP contribution in [0.1, 0.15) is 40.5 Å². The predicted molar refractivity (Wildman–Crippen MR) is 95.8 cm³/mol. The standard InChI is InChI=1S/C19H28OSi/c1-6-15(3)21(20-5,16(4)7-2)19-14-10-12-17-11-8-9-13-18(17)19/h8-16H,6-7H2,1-5H3. The van der Waals surface area contributed by atoms with Gasteiger partial charge in [0.15, 0.2) is 0 Å². The lowest BCUT2D eigenvalue weighted by molar-refractivity contribution is 0.376. The van der Waals surface area contributed by atoms with Crippen molar-refractivity contribution in [2.45, 2.75) is 51.6 Å². The third-order valence-electron chi connectivity index (χ3n) is 5.24. The summed E-state index contributed by atoms with van der Waals surface area (Å²) in [6.07, 6.45) is 2.35. The molecule has 2 atom stereocenters. The van der Waals surface area contributed by atoms with Crippen molar-refractivity contribution in [1.82, 2.24) is 0 Å². The molecule has 0 bridgehead atoms. The Morgan fingerprint density at radius 3 is 2.05 bits per heavy atom. The second-order valence-electron chi connectivity index (χ2n) is 6.14. The van der Waals surface area contributed by atoms with Gasteiger partial charge in [0.25, 0.3) is 0 Å². The number of fused-ring (bicyclic) bond motifs is 1. The molecule has 2 aromatic carbocycles. The molecule has 0 aliphatic carbocycles. The highest BCUT2D eigenvalue weighted by Crippen LogP contribution is 2.38. The molecule has 2 heteroatoms. The van der Waals surface area contributed by atoms with Gasteiger partial charge in [-0.05, 0) is 27.0 Å². The minimum Gasteiger partial charge on any atom is -0.415 e. The predicted octanol–water partition coefficient (Wildman–Crippen LogP) is 5.24. The first kappa shape index (κ1) is 16.3. The Morgan fingerprint density at radius 1 is 0.905 bits per heavy atom. The summed E-state index contributed by atoms with van der Waals surface area (Å²) in [5.41, 5.74) is 1.23. The van der Waals surface area contributed by atoms with Crippen molar-refractivity contribution in [2.75, 3.05) is 7.11 Å². The van der Waals surface area contributed by atoms with Crippen molar-refractivity contribution >= 4 is 24.3 Å². The topological polar surface area (TPSA) is 9.23 Å². The van der Waals surface area contributed by atoms with E-state index in [4.69, 9.17) is 4.43 Å². The van der Waals surface area contributed by atoms with Crippen LogP contribution < -0.4 is 5.19 Å². The molecular formula is C19H28OSi. The first-order valence-corrected chi connectivity index (χ1v) is 10.2. The number of hydrogen-bond acceptors (Lipinski definition) is 1. The van der Waals surface area contributed by atoms with Gasteiger partial charge >= 0.3 is 0 Å². The first-order chi connectivity index (χ1) is 10.1. The highest BCUT2D eigenvalue weighted by molar-refractivity contribution is 6.90. The third-order valence-corrected chi connectivity index (χ3v) is 10.9. The maximum atomic E-state index is 6.38. The summed E-state index contributed by atoms with van der Waals surface area (Å²) >= 11 is 0. The van der Waals surface area contributed by atoms with E-state index >= 15 is 0 Å². The van der Waals surface area contributed by atoms with E-state index in [-0.39, 0.29) is 0 Å². The largest absolute Gasteiger partial charge is 0.415 e. The Bertz CT molecular complexity index is 578. The van der Waals surface area contributed by atoms with E-state index in [2.05, 4.69) is 70.2 Å². The number of benzene rings is 2. The van der Waals surface area contributed by atoms with E-state index in [1.54, 1.807) is 0 Å². The second-order valence-corrected chi connectivity index (χ2v) is 10.6. The van der Waals surface area contributed by atoms with Crippen LogP contribution in [0.25, 0.3) is 10.8 Å². The van der Waals surface area contributed by atoms with Crippen LogP contribution in [0.4, 0.5) is 0 Å². The Kier molecular flexibility index (Phi) is 5.23. The van der Waals surface area contributed by atoms with Crippen LogP contribution in [0.15, 0.2) is 42.5 Å². The Morgan fingerprint density at radius 2 is 1.48 bits per heavy atom. The maximum Gasteiger partial charge on any atom is 0.229 e. The monoisotopic (exact) mass is 300 g/mol. The molecule has 0 spiro atoms. The first-order valence-electron chi connectivity index (χ1n) is 8.15. The van der Waals surface area contributed by atoms with Crippen molar-refractivity contribution in [1.29, 1.82) is 0 Å². The molecule has 0 saturated carbocycles. The molecule has 0 heterocycles. The molecule has 0 aliphatic rings. The zero-order valence-corrected chi connectivity index (χ0v) is 15.0. The summed E-state index contributed by atoms with van der Waals surface area (Å²) in [6, 6.07) is 15.5. The molecule has 0 amide bonds. The SMILES string of the molecule is CCC(C)[Si](OC)(c1cccc2ccccc12)C(C)CC.